The van der Waals surface area contributed by atoms with Gasteiger partial charge in [0.2, 0.25) is 0 Å². The Morgan fingerprint density at radius 3 is 2.32 bits per heavy atom. The zero-order valence-electron chi connectivity index (χ0n) is 11.0. The smallest absolute Gasteiger partial charge is 0.358 e. The average Bonchev–Trinajstić information content (AvgIpc) is 2.25. The van der Waals surface area contributed by atoms with E-state index in [-0.39, 0.29) is 5.69 Å². The van der Waals surface area contributed by atoms with Crippen molar-refractivity contribution in [1.29, 1.82) is 0 Å². The first-order valence-corrected chi connectivity index (χ1v) is 6.06. The van der Waals surface area contributed by atoms with Crippen molar-refractivity contribution in [3.8, 4) is 0 Å². The fraction of sp³-hybridized carbons (Fsp3) is 0.538. The minimum Gasteiger partial charge on any atom is -0.358 e. The van der Waals surface area contributed by atoms with Crippen LogP contribution >= 0.6 is 0 Å². The van der Waals surface area contributed by atoms with Crippen LogP contribution in [0.25, 0.3) is 0 Å². The Bertz CT molecular complexity index is 416. The third kappa shape index (κ3) is 4.70. The molecule has 0 heterocycles. The monoisotopic (exact) mass is 278 g/mol. The Balaban J connectivity index is 3.03. The third-order valence-corrected chi connectivity index (χ3v) is 2.73. The minimum absolute atomic E-state index is 0.0342. The average molecular weight is 278 g/mol. The van der Waals surface area contributed by atoms with Crippen LogP contribution in [0.4, 0.5) is 23.2 Å². The molecule has 0 atom stereocenters. The molecule has 108 valence electrons. The Labute approximate surface area is 110 Å². The maximum absolute atomic E-state index is 13.9. The molecule has 0 unspecified atom stereocenters. The van der Waals surface area contributed by atoms with Gasteiger partial charge in [-0.25, -0.2) is 4.39 Å². The quantitative estimate of drug-likeness (QED) is 0.839. The van der Waals surface area contributed by atoms with Crippen molar-refractivity contribution < 1.29 is 17.6 Å². The van der Waals surface area contributed by atoms with Gasteiger partial charge in [-0.05, 0) is 44.5 Å². The van der Waals surface area contributed by atoms with Gasteiger partial charge in [0.25, 0.3) is 0 Å². The van der Waals surface area contributed by atoms with Crippen molar-refractivity contribution >= 4 is 5.69 Å². The van der Waals surface area contributed by atoms with Crippen molar-refractivity contribution in [2.45, 2.75) is 32.5 Å². The molecule has 1 aromatic carbocycles. The topological polar surface area (TPSA) is 29.3 Å². The first-order chi connectivity index (χ1) is 8.74. The number of nitrogens with two attached hydrogens (primary N) is 1. The first kappa shape index (κ1) is 15.8. The van der Waals surface area contributed by atoms with Crippen LogP contribution in [0, 0.1) is 5.82 Å². The van der Waals surface area contributed by atoms with Crippen LogP contribution in [0.1, 0.15) is 19.4 Å². The summed E-state index contributed by atoms with van der Waals surface area (Å²) in [5.74, 6) is -0.649. The molecule has 0 aromatic heterocycles. The van der Waals surface area contributed by atoms with Crippen LogP contribution in [0.5, 0.6) is 0 Å². The zero-order chi connectivity index (χ0) is 14.6. The van der Waals surface area contributed by atoms with Gasteiger partial charge in [0.1, 0.15) is 12.4 Å². The molecule has 6 heteroatoms. The highest BCUT2D eigenvalue weighted by atomic mass is 19.4. The van der Waals surface area contributed by atoms with Gasteiger partial charge in [0, 0.05) is 6.04 Å². The van der Waals surface area contributed by atoms with Crippen molar-refractivity contribution in [2.75, 3.05) is 18.0 Å². The van der Waals surface area contributed by atoms with E-state index in [0.717, 1.165) is 4.90 Å². The van der Waals surface area contributed by atoms with E-state index in [9.17, 15) is 17.6 Å². The first-order valence-electron chi connectivity index (χ1n) is 6.06. The normalized spacial score (nSPS) is 12.0. The molecule has 0 radical (unpaired) electrons. The molecule has 0 amide bonds. The summed E-state index contributed by atoms with van der Waals surface area (Å²) in [7, 11) is 0. The van der Waals surface area contributed by atoms with Gasteiger partial charge in [-0.3, -0.25) is 0 Å². The van der Waals surface area contributed by atoms with Gasteiger partial charge in [0.05, 0.1) is 5.69 Å². The van der Waals surface area contributed by atoms with E-state index < -0.39 is 24.6 Å². The number of hydrogen-bond acceptors (Lipinski definition) is 2. The maximum atomic E-state index is 13.9. The van der Waals surface area contributed by atoms with Crippen molar-refractivity contribution in [2.24, 2.45) is 5.73 Å². The van der Waals surface area contributed by atoms with Crippen LogP contribution in [0.15, 0.2) is 18.2 Å². The van der Waals surface area contributed by atoms with Crippen molar-refractivity contribution in [3.63, 3.8) is 0 Å². The number of nitrogens with zero attached hydrogens (tertiary/aromatic N) is 1. The summed E-state index contributed by atoms with van der Waals surface area (Å²) in [4.78, 5) is 1.00. The molecule has 0 aliphatic heterocycles. The van der Waals surface area contributed by atoms with E-state index in [2.05, 4.69) is 0 Å². The Morgan fingerprint density at radius 1 is 1.26 bits per heavy atom. The molecule has 0 bridgehead atoms. The lowest BCUT2D eigenvalue weighted by molar-refractivity contribution is -0.120. The minimum atomic E-state index is -4.37. The second kappa shape index (κ2) is 6.23. The highest BCUT2D eigenvalue weighted by Crippen LogP contribution is 2.27. The maximum Gasteiger partial charge on any atom is 0.405 e. The van der Waals surface area contributed by atoms with E-state index in [1.807, 2.05) is 0 Å². The van der Waals surface area contributed by atoms with Gasteiger partial charge in [-0.1, -0.05) is 6.07 Å². The van der Waals surface area contributed by atoms with Gasteiger partial charge < -0.3 is 10.6 Å². The summed E-state index contributed by atoms with van der Waals surface area (Å²) in [6.07, 6.45) is -3.87. The summed E-state index contributed by atoms with van der Waals surface area (Å²) in [5, 5.41) is 0. The number of hydrogen-bond donors (Lipinski definition) is 1. The SMILES string of the molecule is CC(C)N(CC(F)(F)F)c1ccc(CCN)cc1F. The number of alkyl halides is 3. The van der Waals surface area contributed by atoms with Gasteiger partial charge in [-0.2, -0.15) is 13.2 Å². The van der Waals surface area contributed by atoms with Crippen LogP contribution in [-0.4, -0.2) is 25.3 Å². The second-order valence-corrected chi connectivity index (χ2v) is 4.66. The predicted octanol–water partition coefficient (Wildman–Crippen LogP) is 3.10. The zero-order valence-corrected chi connectivity index (χ0v) is 11.0. The number of halogens is 4. The Kier molecular flexibility index (Phi) is 5.17. The lowest BCUT2D eigenvalue weighted by atomic mass is 10.1. The van der Waals surface area contributed by atoms with E-state index in [1.54, 1.807) is 19.9 Å². The summed E-state index contributed by atoms with van der Waals surface area (Å²) >= 11 is 0. The van der Waals surface area contributed by atoms with Crippen molar-refractivity contribution in [3.05, 3.63) is 29.6 Å². The molecule has 0 fully saturated rings. The molecule has 2 nitrogen and oxygen atoms in total. The molecule has 0 saturated carbocycles. The molecule has 1 aromatic rings. The Hall–Kier alpha value is -1.30. The largest absolute Gasteiger partial charge is 0.405 e. The molecule has 0 spiro atoms. The third-order valence-electron chi connectivity index (χ3n) is 2.73. The van der Waals surface area contributed by atoms with Gasteiger partial charge in [-0.15, -0.1) is 0 Å². The second-order valence-electron chi connectivity index (χ2n) is 4.66. The molecular weight excluding hydrogens is 260 g/mol. The van der Waals surface area contributed by atoms with Crippen LogP contribution in [0.3, 0.4) is 0 Å². The van der Waals surface area contributed by atoms with Crippen LogP contribution < -0.4 is 10.6 Å². The summed E-state index contributed by atoms with van der Waals surface area (Å²) < 4.78 is 51.4. The lowest BCUT2D eigenvalue weighted by Gasteiger charge is -2.30. The molecule has 0 aliphatic rings. The van der Waals surface area contributed by atoms with E-state index in [1.165, 1.54) is 12.1 Å². The highest BCUT2D eigenvalue weighted by molar-refractivity contribution is 5.50. The molecule has 1 rings (SSSR count). The lowest BCUT2D eigenvalue weighted by Crippen LogP contribution is -2.39. The number of benzene rings is 1. The predicted molar refractivity (Wildman–Crippen MR) is 67.7 cm³/mol. The van der Waals surface area contributed by atoms with E-state index in [4.69, 9.17) is 5.73 Å². The standard InChI is InChI=1S/C13H18F4N2/c1-9(2)19(8-13(15,16)17)12-4-3-10(5-6-18)7-11(12)14/h3-4,7,9H,5-6,8,18H2,1-2H3. The molecule has 19 heavy (non-hydrogen) atoms. The summed E-state index contributed by atoms with van der Waals surface area (Å²) in [6.45, 7) is 2.39. The molecule has 0 aliphatic carbocycles. The fourth-order valence-corrected chi connectivity index (χ4v) is 1.84. The molecular formula is C13H18F4N2. The van der Waals surface area contributed by atoms with Crippen LogP contribution in [-0.2, 0) is 6.42 Å². The summed E-state index contributed by atoms with van der Waals surface area (Å²) in [5.41, 5.74) is 6.00. The van der Waals surface area contributed by atoms with Gasteiger partial charge >= 0.3 is 6.18 Å². The fourth-order valence-electron chi connectivity index (χ4n) is 1.84. The van der Waals surface area contributed by atoms with Crippen molar-refractivity contribution in [1.82, 2.24) is 0 Å². The summed E-state index contributed by atoms with van der Waals surface area (Å²) in [6, 6.07) is 3.79. The number of anilines is 1. The Morgan fingerprint density at radius 2 is 1.89 bits per heavy atom. The molecule has 2 N–H and O–H groups in total. The van der Waals surface area contributed by atoms with Gasteiger partial charge in [0.15, 0.2) is 0 Å². The van der Waals surface area contributed by atoms with E-state index >= 15 is 0 Å². The van der Waals surface area contributed by atoms with E-state index in [0.29, 0.717) is 18.5 Å². The molecule has 0 saturated heterocycles. The number of rotatable bonds is 5. The van der Waals surface area contributed by atoms with Crippen LogP contribution in [0.2, 0.25) is 0 Å². The highest BCUT2D eigenvalue weighted by Gasteiger charge is 2.32.